The molecule has 6 nitrogen and oxygen atoms in total. The lowest BCUT2D eigenvalue weighted by Crippen LogP contribution is -2.29. The largest absolute Gasteiger partial charge is 0.346 e. The molecule has 1 unspecified atom stereocenters. The van der Waals surface area contributed by atoms with E-state index in [-0.39, 0.29) is 18.0 Å². The van der Waals surface area contributed by atoms with Gasteiger partial charge in [0.15, 0.2) is 0 Å². The van der Waals surface area contributed by atoms with Crippen LogP contribution in [0.1, 0.15) is 50.9 Å². The Hall–Kier alpha value is -2.86. The smallest absolute Gasteiger partial charge is 0.221 e. The number of fused-ring (bicyclic) bond motifs is 2. The van der Waals surface area contributed by atoms with Crippen molar-refractivity contribution in [3.63, 3.8) is 0 Å². The highest BCUT2D eigenvalue weighted by molar-refractivity contribution is 6.31. The van der Waals surface area contributed by atoms with Crippen LogP contribution < -0.4 is 5.32 Å². The SMILES string of the molecule is CC(NC(=O)CCc1nc2cc(Cl)ccc2n1C)c1nc2ccccc2n1C(C)C. The molecule has 0 aliphatic rings. The summed E-state index contributed by atoms with van der Waals surface area (Å²) in [5.74, 6) is 1.72. The Labute approximate surface area is 180 Å². The number of nitrogens with one attached hydrogen (secondary N) is 1. The number of carbonyl (C=O) groups is 1. The molecular weight excluding hydrogens is 398 g/mol. The average Bonchev–Trinajstić information content (AvgIpc) is 3.24. The average molecular weight is 424 g/mol. The zero-order chi connectivity index (χ0) is 21.4. The number of aryl methyl sites for hydroxylation is 2. The number of benzene rings is 2. The van der Waals surface area contributed by atoms with Gasteiger partial charge in [0.2, 0.25) is 5.91 Å². The van der Waals surface area contributed by atoms with Crippen LogP contribution in [0, 0.1) is 0 Å². The Morgan fingerprint density at radius 3 is 2.60 bits per heavy atom. The van der Waals surface area contributed by atoms with Gasteiger partial charge in [0.1, 0.15) is 11.6 Å². The number of carbonyl (C=O) groups excluding carboxylic acids is 1. The van der Waals surface area contributed by atoms with Crippen molar-refractivity contribution in [2.45, 2.75) is 45.7 Å². The predicted octanol–water partition coefficient (Wildman–Crippen LogP) is 4.97. The maximum absolute atomic E-state index is 12.7. The second kappa shape index (κ2) is 8.11. The molecule has 0 bridgehead atoms. The van der Waals surface area contributed by atoms with Crippen molar-refractivity contribution in [1.82, 2.24) is 24.4 Å². The van der Waals surface area contributed by atoms with E-state index in [9.17, 15) is 4.79 Å². The van der Waals surface area contributed by atoms with Crippen LogP contribution in [0.25, 0.3) is 22.1 Å². The molecule has 0 aliphatic heterocycles. The molecular formula is C23H26ClN5O. The zero-order valence-electron chi connectivity index (χ0n) is 17.7. The zero-order valence-corrected chi connectivity index (χ0v) is 18.4. The van der Waals surface area contributed by atoms with Crippen LogP contribution in [-0.4, -0.2) is 25.0 Å². The molecule has 0 aliphatic carbocycles. The molecule has 0 saturated carbocycles. The van der Waals surface area contributed by atoms with Crippen LogP contribution in [-0.2, 0) is 18.3 Å². The molecule has 1 amide bonds. The van der Waals surface area contributed by atoms with Crippen molar-refractivity contribution in [2.75, 3.05) is 0 Å². The molecule has 1 N–H and O–H groups in total. The van der Waals surface area contributed by atoms with E-state index in [4.69, 9.17) is 16.6 Å². The molecule has 0 saturated heterocycles. The van der Waals surface area contributed by atoms with Crippen molar-refractivity contribution >= 4 is 39.6 Å². The quantitative estimate of drug-likeness (QED) is 0.476. The molecule has 1 atom stereocenters. The number of rotatable bonds is 6. The molecule has 4 rings (SSSR count). The molecule has 2 heterocycles. The monoisotopic (exact) mass is 423 g/mol. The van der Waals surface area contributed by atoms with Crippen LogP contribution >= 0.6 is 11.6 Å². The summed E-state index contributed by atoms with van der Waals surface area (Å²) < 4.78 is 4.20. The first-order valence-corrected chi connectivity index (χ1v) is 10.6. The fraction of sp³-hybridized carbons (Fsp3) is 0.348. The summed E-state index contributed by atoms with van der Waals surface area (Å²) in [5, 5.41) is 3.76. The molecule has 0 spiro atoms. The molecule has 30 heavy (non-hydrogen) atoms. The second-order valence-electron chi connectivity index (χ2n) is 7.93. The van der Waals surface area contributed by atoms with Gasteiger partial charge in [-0.25, -0.2) is 9.97 Å². The van der Waals surface area contributed by atoms with E-state index >= 15 is 0 Å². The van der Waals surface area contributed by atoms with Crippen molar-refractivity contribution in [3.8, 4) is 0 Å². The lowest BCUT2D eigenvalue weighted by Gasteiger charge is -2.18. The normalized spacial score (nSPS) is 12.7. The van der Waals surface area contributed by atoms with Gasteiger partial charge < -0.3 is 14.5 Å². The summed E-state index contributed by atoms with van der Waals surface area (Å²) in [6.45, 7) is 6.24. The highest BCUT2D eigenvalue weighted by Crippen LogP contribution is 2.25. The van der Waals surface area contributed by atoms with E-state index in [0.29, 0.717) is 17.9 Å². The predicted molar refractivity (Wildman–Crippen MR) is 121 cm³/mol. The van der Waals surface area contributed by atoms with Gasteiger partial charge in [0.05, 0.1) is 28.1 Å². The van der Waals surface area contributed by atoms with E-state index in [2.05, 4.69) is 34.8 Å². The third-order valence-electron chi connectivity index (χ3n) is 5.42. The van der Waals surface area contributed by atoms with Gasteiger partial charge in [-0.3, -0.25) is 4.79 Å². The first-order valence-electron chi connectivity index (χ1n) is 10.2. The lowest BCUT2D eigenvalue weighted by atomic mass is 10.2. The van der Waals surface area contributed by atoms with Crippen molar-refractivity contribution in [1.29, 1.82) is 0 Å². The van der Waals surface area contributed by atoms with E-state index in [0.717, 1.165) is 33.7 Å². The number of hydrogen-bond acceptors (Lipinski definition) is 3. The Kier molecular flexibility index (Phi) is 5.52. The second-order valence-corrected chi connectivity index (χ2v) is 8.37. The van der Waals surface area contributed by atoms with Crippen LogP contribution in [0.15, 0.2) is 42.5 Å². The Morgan fingerprint density at radius 1 is 1.07 bits per heavy atom. The number of hydrogen-bond donors (Lipinski definition) is 1. The Morgan fingerprint density at radius 2 is 1.83 bits per heavy atom. The van der Waals surface area contributed by atoms with Crippen molar-refractivity contribution in [3.05, 3.63) is 59.1 Å². The number of para-hydroxylation sites is 2. The third kappa shape index (κ3) is 3.79. The maximum Gasteiger partial charge on any atom is 0.221 e. The van der Waals surface area contributed by atoms with Crippen molar-refractivity contribution in [2.24, 2.45) is 7.05 Å². The topological polar surface area (TPSA) is 64.7 Å². The van der Waals surface area contributed by atoms with Gasteiger partial charge in [-0.15, -0.1) is 0 Å². The summed E-state index contributed by atoms with van der Waals surface area (Å²) >= 11 is 6.07. The van der Waals surface area contributed by atoms with Crippen LogP contribution in [0.3, 0.4) is 0 Å². The fourth-order valence-electron chi connectivity index (χ4n) is 3.96. The lowest BCUT2D eigenvalue weighted by molar-refractivity contribution is -0.121. The molecule has 0 radical (unpaired) electrons. The summed E-state index contributed by atoms with van der Waals surface area (Å²) in [5.41, 5.74) is 3.89. The van der Waals surface area contributed by atoms with Crippen LogP contribution in [0.4, 0.5) is 0 Å². The first kappa shape index (κ1) is 20.4. The molecule has 0 fully saturated rings. The van der Waals surface area contributed by atoms with Crippen LogP contribution in [0.2, 0.25) is 5.02 Å². The molecule has 2 aromatic heterocycles. The third-order valence-corrected chi connectivity index (χ3v) is 5.65. The van der Waals surface area contributed by atoms with Gasteiger partial charge in [0.25, 0.3) is 0 Å². The maximum atomic E-state index is 12.7. The first-order chi connectivity index (χ1) is 14.3. The Bertz CT molecular complexity index is 1220. The molecule has 156 valence electrons. The fourth-order valence-corrected chi connectivity index (χ4v) is 4.13. The minimum absolute atomic E-state index is 0.0186. The molecule has 7 heteroatoms. The van der Waals surface area contributed by atoms with E-state index < -0.39 is 0 Å². The van der Waals surface area contributed by atoms with Crippen molar-refractivity contribution < 1.29 is 4.79 Å². The molecule has 4 aromatic rings. The highest BCUT2D eigenvalue weighted by atomic mass is 35.5. The Balaban J connectivity index is 1.48. The van der Waals surface area contributed by atoms with Gasteiger partial charge in [-0.05, 0) is 51.1 Å². The van der Waals surface area contributed by atoms with Gasteiger partial charge in [-0.1, -0.05) is 23.7 Å². The van der Waals surface area contributed by atoms with E-state index in [1.54, 1.807) is 0 Å². The standard InChI is InChI=1S/C23H26ClN5O/c1-14(2)29-20-8-6-5-7-17(20)27-23(29)15(3)25-22(30)12-11-21-26-18-13-16(24)9-10-19(18)28(21)4/h5-10,13-15H,11-12H2,1-4H3,(H,25,30). The summed E-state index contributed by atoms with van der Waals surface area (Å²) in [6, 6.07) is 13.8. The molecule has 2 aromatic carbocycles. The highest BCUT2D eigenvalue weighted by Gasteiger charge is 2.20. The van der Waals surface area contributed by atoms with Gasteiger partial charge in [0, 0.05) is 31.0 Å². The summed E-state index contributed by atoms with van der Waals surface area (Å²) in [7, 11) is 1.96. The van der Waals surface area contributed by atoms with Crippen LogP contribution in [0.5, 0.6) is 0 Å². The number of nitrogens with zero attached hydrogens (tertiary/aromatic N) is 4. The number of aromatic nitrogens is 4. The minimum atomic E-state index is -0.188. The minimum Gasteiger partial charge on any atom is -0.346 e. The van der Waals surface area contributed by atoms with E-state index in [1.807, 2.05) is 54.9 Å². The number of amides is 1. The number of imidazole rings is 2. The number of halogens is 1. The van der Waals surface area contributed by atoms with Gasteiger partial charge in [-0.2, -0.15) is 0 Å². The summed E-state index contributed by atoms with van der Waals surface area (Å²) in [6.07, 6.45) is 0.916. The summed E-state index contributed by atoms with van der Waals surface area (Å²) in [4.78, 5) is 22.1. The van der Waals surface area contributed by atoms with E-state index in [1.165, 1.54) is 0 Å². The van der Waals surface area contributed by atoms with Gasteiger partial charge >= 0.3 is 0 Å².